The molecule has 1 fully saturated rings. The lowest BCUT2D eigenvalue weighted by Crippen LogP contribution is -2.44. The van der Waals surface area contributed by atoms with Gasteiger partial charge < -0.3 is 15.4 Å². The van der Waals surface area contributed by atoms with Crippen molar-refractivity contribution in [3.63, 3.8) is 0 Å². The number of carbonyl (C=O) groups excluding carboxylic acids is 1. The van der Waals surface area contributed by atoms with Crippen molar-refractivity contribution in [1.29, 1.82) is 0 Å². The molecule has 2 N–H and O–H groups in total. The number of piperidine rings is 1. The molecule has 1 aromatic carbocycles. The normalized spacial score (nSPS) is 19.3. The van der Waals surface area contributed by atoms with Crippen LogP contribution < -0.4 is 10.5 Å². The molecule has 1 aromatic rings. The first-order chi connectivity index (χ1) is 9.27. The fourth-order valence-electron chi connectivity index (χ4n) is 2.74. The number of amides is 1. The van der Waals surface area contributed by atoms with Crippen molar-refractivity contribution in [3.8, 4) is 5.75 Å². The molecule has 4 nitrogen and oxygen atoms in total. The third-order valence-electron chi connectivity index (χ3n) is 3.73. The molecule has 0 aliphatic carbocycles. The van der Waals surface area contributed by atoms with E-state index in [1.165, 1.54) is 6.42 Å². The van der Waals surface area contributed by atoms with Gasteiger partial charge in [0.05, 0.1) is 12.7 Å². The summed E-state index contributed by atoms with van der Waals surface area (Å²) in [5.74, 6) is 0.708. The Labute approximate surface area is 114 Å². The maximum Gasteiger partial charge on any atom is 0.257 e. The molecule has 1 amide bonds. The van der Waals surface area contributed by atoms with Gasteiger partial charge >= 0.3 is 0 Å². The third-order valence-corrected chi connectivity index (χ3v) is 3.73. The second-order valence-corrected chi connectivity index (χ2v) is 4.93. The van der Waals surface area contributed by atoms with Gasteiger partial charge in [0.1, 0.15) is 5.75 Å². The molecule has 0 aromatic heterocycles. The number of para-hydroxylation sites is 1. The molecule has 1 unspecified atom stereocenters. The van der Waals surface area contributed by atoms with Crippen LogP contribution in [0.3, 0.4) is 0 Å². The van der Waals surface area contributed by atoms with Gasteiger partial charge in [0.25, 0.3) is 5.91 Å². The molecule has 0 saturated carbocycles. The Morgan fingerprint density at radius 1 is 1.42 bits per heavy atom. The average molecular weight is 262 g/mol. The predicted octanol–water partition coefficient (Wildman–Crippen LogP) is 2.04. The highest BCUT2D eigenvalue weighted by Crippen LogP contribution is 2.25. The fraction of sp³-hybridized carbons (Fsp3) is 0.533. The SMILES string of the molecule is COc1ccccc1C(=O)N1CCCCC1CCN. The Morgan fingerprint density at radius 3 is 2.95 bits per heavy atom. The minimum Gasteiger partial charge on any atom is -0.496 e. The summed E-state index contributed by atoms with van der Waals surface area (Å²) in [7, 11) is 1.60. The molecule has 1 heterocycles. The van der Waals surface area contributed by atoms with Crippen LogP contribution in [-0.4, -0.2) is 37.0 Å². The first-order valence-electron chi connectivity index (χ1n) is 6.92. The maximum absolute atomic E-state index is 12.7. The summed E-state index contributed by atoms with van der Waals surface area (Å²) in [4.78, 5) is 14.6. The van der Waals surface area contributed by atoms with Gasteiger partial charge in [-0.05, 0) is 44.4 Å². The van der Waals surface area contributed by atoms with E-state index in [9.17, 15) is 4.79 Å². The highest BCUT2D eigenvalue weighted by molar-refractivity contribution is 5.97. The van der Waals surface area contributed by atoms with Crippen LogP contribution >= 0.6 is 0 Å². The fourth-order valence-corrected chi connectivity index (χ4v) is 2.74. The number of nitrogens with two attached hydrogens (primary N) is 1. The summed E-state index contributed by atoms with van der Waals surface area (Å²) in [6, 6.07) is 7.68. The van der Waals surface area contributed by atoms with Gasteiger partial charge in [-0.1, -0.05) is 12.1 Å². The number of likely N-dealkylation sites (tertiary alicyclic amines) is 1. The van der Waals surface area contributed by atoms with Crippen LogP contribution in [-0.2, 0) is 0 Å². The van der Waals surface area contributed by atoms with E-state index in [0.717, 1.165) is 25.8 Å². The minimum atomic E-state index is 0.0654. The van der Waals surface area contributed by atoms with Crippen LogP contribution in [0.15, 0.2) is 24.3 Å². The van der Waals surface area contributed by atoms with Crippen LogP contribution in [0.1, 0.15) is 36.0 Å². The third kappa shape index (κ3) is 3.07. The van der Waals surface area contributed by atoms with Gasteiger partial charge in [0.2, 0.25) is 0 Å². The van der Waals surface area contributed by atoms with Crippen LogP contribution in [0, 0.1) is 0 Å². The van der Waals surface area contributed by atoms with Gasteiger partial charge in [-0.25, -0.2) is 0 Å². The molecule has 1 aliphatic heterocycles. The van der Waals surface area contributed by atoms with E-state index in [1.54, 1.807) is 7.11 Å². The van der Waals surface area contributed by atoms with Gasteiger partial charge in [-0.15, -0.1) is 0 Å². The Bertz CT molecular complexity index is 432. The highest BCUT2D eigenvalue weighted by atomic mass is 16.5. The number of nitrogens with zero attached hydrogens (tertiary/aromatic N) is 1. The van der Waals surface area contributed by atoms with Crippen LogP contribution in [0.25, 0.3) is 0 Å². The van der Waals surface area contributed by atoms with Crippen molar-refractivity contribution in [2.45, 2.75) is 31.7 Å². The molecule has 2 rings (SSSR count). The Morgan fingerprint density at radius 2 is 2.21 bits per heavy atom. The van der Waals surface area contributed by atoms with Crippen molar-refractivity contribution in [3.05, 3.63) is 29.8 Å². The Balaban J connectivity index is 2.21. The quantitative estimate of drug-likeness (QED) is 0.903. The molecule has 19 heavy (non-hydrogen) atoms. The molecule has 104 valence electrons. The highest BCUT2D eigenvalue weighted by Gasteiger charge is 2.28. The van der Waals surface area contributed by atoms with Gasteiger partial charge in [0.15, 0.2) is 0 Å². The predicted molar refractivity (Wildman–Crippen MR) is 75.3 cm³/mol. The zero-order chi connectivity index (χ0) is 13.7. The molecule has 0 radical (unpaired) electrons. The number of hydrogen-bond acceptors (Lipinski definition) is 3. The van der Waals surface area contributed by atoms with Crippen LogP contribution in [0.4, 0.5) is 0 Å². The molecule has 1 saturated heterocycles. The number of benzene rings is 1. The van der Waals surface area contributed by atoms with Crippen molar-refractivity contribution in [2.24, 2.45) is 5.73 Å². The molecule has 0 spiro atoms. The van der Waals surface area contributed by atoms with Crippen molar-refractivity contribution in [2.75, 3.05) is 20.2 Å². The second-order valence-electron chi connectivity index (χ2n) is 4.93. The smallest absolute Gasteiger partial charge is 0.257 e. The molecular formula is C15H22N2O2. The number of methoxy groups -OCH3 is 1. The first-order valence-corrected chi connectivity index (χ1v) is 6.92. The molecular weight excluding hydrogens is 240 g/mol. The van der Waals surface area contributed by atoms with E-state index >= 15 is 0 Å². The van der Waals surface area contributed by atoms with E-state index in [4.69, 9.17) is 10.5 Å². The van der Waals surface area contributed by atoms with Gasteiger partial charge in [-0.3, -0.25) is 4.79 Å². The van der Waals surface area contributed by atoms with Gasteiger partial charge in [-0.2, -0.15) is 0 Å². The Kier molecular flexibility index (Phi) is 4.80. The number of hydrogen-bond donors (Lipinski definition) is 1. The topological polar surface area (TPSA) is 55.6 Å². The molecule has 0 bridgehead atoms. The monoisotopic (exact) mass is 262 g/mol. The lowest BCUT2D eigenvalue weighted by molar-refractivity contribution is 0.0601. The van der Waals surface area contributed by atoms with E-state index in [0.29, 0.717) is 17.9 Å². The summed E-state index contributed by atoms with van der Waals surface area (Å²) in [6.45, 7) is 1.45. The summed E-state index contributed by atoms with van der Waals surface area (Å²) >= 11 is 0. The summed E-state index contributed by atoms with van der Waals surface area (Å²) < 4.78 is 5.28. The minimum absolute atomic E-state index is 0.0654. The summed E-state index contributed by atoms with van der Waals surface area (Å²) in [6.07, 6.45) is 4.18. The van der Waals surface area contributed by atoms with Crippen LogP contribution in [0.2, 0.25) is 0 Å². The van der Waals surface area contributed by atoms with E-state index in [2.05, 4.69) is 0 Å². The van der Waals surface area contributed by atoms with E-state index < -0.39 is 0 Å². The number of rotatable bonds is 4. The Hall–Kier alpha value is -1.55. The summed E-state index contributed by atoms with van der Waals surface area (Å²) in [5, 5.41) is 0. The average Bonchev–Trinajstić information content (AvgIpc) is 2.47. The second kappa shape index (κ2) is 6.57. The molecule has 4 heteroatoms. The van der Waals surface area contributed by atoms with Crippen molar-refractivity contribution >= 4 is 5.91 Å². The number of carbonyl (C=O) groups is 1. The van der Waals surface area contributed by atoms with Gasteiger partial charge in [0, 0.05) is 12.6 Å². The standard InChI is InChI=1S/C15H22N2O2/c1-19-14-8-3-2-7-13(14)15(18)17-11-5-4-6-12(17)9-10-16/h2-3,7-8,12H,4-6,9-11,16H2,1H3. The zero-order valence-electron chi connectivity index (χ0n) is 11.5. The lowest BCUT2D eigenvalue weighted by atomic mass is 9.98. The van der Waals surface area contributed by atoms with E-state index in [1.807, 2.05) is 29.2 Å². The van der Waals surface area contributed by atoms with E-state index in [-0.39, 0.29) is 11.9 Å². The largest absolute Gasteiger partial charge is 0.496 e. The maximum atomic E-state index is 12.7. The van der Waals surface area contributed by atoms with Crippen molar-refractivity contribution < 1.29 is 9.53 Å². The number of ether oxygens (including phenoxy) is 1. The van der Waals surface area contributed by atoms with Crippen molar-refractivity contribution in [1.82, 2.24) is 4.90 Å². The summed E-state index contributed by atoms with van der Waals surface area (Å²) in [5.41, 5.74) is 6.30. The molecule has 1 atom stereocenters. The first kappa shape index (κ1) is 13.9. The lowest BCUT2D eigenvalue weighted by Gasteiger charge is -2.36. The van der Waals surface area contributed by atoms with Crippen LogP contribution in [0.5, 0.6) is 5.75 Å². The molecule has 1 aliphatic rings. The zero-order valence-corrected chi connectivity index (χ0v) is 11.5.